The van der Waals surface area contributed by atoms with Crippen LogP contribution in [0.5, 0.6) is 0 Å². The first kappa shape index (κ1) is 9.65. The maximum absolute atomic E-state index is 5.48. The van der Waals surface area contributed by atoms with Crippen molar-refractivity contribution in [2.75, 3.05) is 5.73 Å². The Balaban J connectivity index is 2.17. The molecule has 0 saturated carbocycles. The second-order valence-corrected chi connectivity index (χ2v) is 3.61. The van der Waals surface area contributed by atoms with Crippen molar-refractivity contribution in [3.63, 3.8) is 0 Å². The van der Waals surface area contributed by atoms with Crippen molar-refractivity contribution < 1.29 is 0 Å². The van der Waals surface area contributed by atoms with Crippen molar-refractivity contribution in [3.05, 3.63) is 42.7 Å². The van der Waals surface area contributed by atoms with Crippen LogP contribution in [0.4, 0.5) is 5.95 Å². The molecule has 82 valence electrons. The lowest BCUT2D eigenvalue weighted by Crippen LogP contribution is -1.97. The van der Waals surface area contributed by atoms with Crippen LogP contribution in [0, 0.1) is 0 Å². The van der Waals surface area contributed by atoms with Crippen LogP contribution in [0.1, 0.15) is 0 Å². The second-order valence-electron chi connectivity index (χ2n) is 3.61. The summed E-state index contributed by atoms with van der Waals surface area (Å²) in [5.74, 6) is 0.189. The zero-order valence-electron chi connectivity index (χ0n) is 8.91. The number of aromatic nitrogens is 4. The Morgan fingerprint density at radius 2 is 1.65 bits per heavy atom. The summed E-state index contributed by atoms with van der Waals surface area (Å²) in [5, 5.41) is 7.76. The SMILES string of the molecule is Nc1nnc2cc(-c3ccncc3)ccc2n1. The number of pyridine rings is 1. The van der Waals surface area contributed by atoms with Crippen molar-refractivity contribution in [3.8, 4) is 11.1 Å². The highest BCUT2D eigenvalue weighted by Crippen LogP contribution is 2.21. The predicted octanol–water partition coefficient (Wildman–Crippen LogP) is 1.67. The highest BCUT2D eigenvalue weighted by molar-refractivity contribution is 5.81. The quantitative estimate of drug-likeness (QED) is 0.679. The fraction of sp³-hybridized carbons (Fsp3) is 0. The Morgan fingerprint density at radius 3 is 2.47 bits per heavy atom. The van der Waals surface area contributed by atoms with Gasteiger partial charge in [0.1, 0.15) is 5.52 Å². The molecule has 5 nitrogen and oxygen atoms in total. The highest BCUT2D eigenvalue weighted by atomic mass is 15.2. The van der Waals surface area contributed by atoms with Crippen molar-refractivity contribution in [2.45, 2.75) is 0 Å². The molecule has 0 amide bonds. The highest BCUT2D eigenvalue weighted by Gasteiger charge is 2.02. The van der Waals surface area contributed by atoms with Gasteiger partial charge in [-0.25, -0.2) is 4.98 Å². The molecule has 0 atom stereocenters. The van der Waals surface area contributed by atoms with Gasteiger partial charge < -0.3 is 5.73 Å². The molecule has 0 spiro atoms. The Bertz CT molecular complexity index is 666. The molecule has 0 saturated heterocycles. The van der Waals surface area contributed by atoms with Crippen LogP contribution in [0.25, 0.3) is 22.2 Å². The molecule has 0 aliphatic carbocycles. The first-order chi connectivity index (χ1) is 8.33. The topological polar surface area (TPSA) is 77.6 Å². The summed E-state index contributed by atoms with van der Waals surface area (Å²) in [7, 11) is 0. The van der Waals surface area contributed by atoms with Crippen molar-refractivity contribution in [1.82, 2.24) is 20.2 Å². The average molecular weight is 223 g/mol. The van der Waals surface area contributed by atoms with E-state index in [2.05, 4.69) is 20.2 Å². The van der Waals surface area contributed by atoms with Crippen molar-refractivity contribution in [1.29, 1.82) is 0 Å². The summed E-state index contributed by atoms with van der Waals surface area (Å²) in [4.78, 5) is 8.09. The molecular weight excluding hydrogens is 214 g/mol. The molecule has 3 aromatic rings. The monoisotopic (exact) mass is 223 g/mol. The van der Waals surface area contributed by atoms with Gasteiger partial charge in [0.2, 0.25) is 5.95 Å². The molecule has 0 unspecified atom stereocenters. The number of nitrogens with zero attached hydrogens (tertiary/aromatic N) is 4. The lowest BCUT2D eigenvalue weighted by molar-refractivity contribution is 1.04. The van der Waals surface area contributed by atoms with Crippen LogP contribution in [0.15, 0.2) is 42.7 Å². The molecular formula is C12H9N5. The van der Waals surface area contributed by atoms with Gasteiger partial charge in [0.05, 0.1) is 5.52 Å². The van der Waals surface area contributed by atoms with Gasteiger partial charge >= 0.3 is 0 Å². The third kappa shape index (κ3) is 1.78. The zero-order valence-corrected chi connectivity index (χ0v) is 8.91. The standard InChI is InChI=1S/C12H9N5/c13-12-15-10-2-1-9(7-11(10)16-17-12)8-3-5-14-6-4-8/h1-7H,(H2,13,15,17). The summed E-state index contributed by atoms with van der Waals surface area (Å²) >= 11 is 0. The molecule has 3 rings (SSSR count). The van der Waals surface area contributed by atoms with Crippen molar-refractivity contribution >= 4 is 17.0 Å². The molecule has 17 heavy (non-hydrogen) atoms. The molecule has 0 aliphatic heterocycles. The van der Waals surface area contributed by atoms with Crippen LogP contribution in [0.3, 0.4) is 0 Å². The molecule has 0 bridgehead atoms. The maximum Gasteiger partial charge on any atom is 0.240 e. The number of nitrogens with two attached hydrogens (primary N) is 1. The zero-order chi connectivity index (χ0) is 11.7. The number of anilines is 1. The number of hydrogen-bond acceptors (Lipinski definition) is 5. The number of rotatable bonds is 1. The van der Waals surface area contributed by atoms with E-state index in [0.29, 0.717) is 0 Å². The third-order valence-electron chi connectivity index (χ3n) is 2.48. The Morgan fingerprint density at radius 1 is 0.824 bits per heavy atom. The summed E-state index contributed by atoms with van der Waals surface area (Å²) in [5.41, 5.74) is 9.10. The first-order valence-electron chi connectivity index (χ1n) is 5.13. The molecule has 0 aliphatic rings. The van der Waals surface area contributed by atoms with E-state index in [1.165, 1.54) is 0 Å². The number of nitrogen functional groups attached to an aromatic ring is 1. The first-order valence-corrected chi connectivity index (χ1v) is 5.13. The van der Waals surface area contributed by atoms with Crippen LogP contribution in [-0.4, -0.2) is 20.2 Å². The Hall–Kier alpha value is -2.56. The minimum absolute atomic E-state index is 0.189. The van der Waals surface area contributed by atoms with Gasteiger partial charge in [-0.3, -0.25) is 4.98 Å². The van der Waals surface area contributed by atoms with Crippen LogP contribution in [-0.2, 0) is 0 Å². The summed E-state index contributed by atoms with van der Waals surface area (Å²) in [6, 6.07) is 9.69. The average Bonchev–Trinajstić information content (AvgIpc) is 2.39. The van der Waals surface area contributed by atoms with Gasteiger partial charge in [-0.15, -0.1) is 10.2 Å². The Kier molecular flexibility index (Phi) is 2.15. The lowest BCUT2D eigenvalue weighted by Gasteiger charge is -2.02. The van der Waals surface area contributed by atoms with E-state index in [1.54, 1.807) is 12.4 Å². The van der Waals surface area contributed by atoms with E-state index in [9.17, 15) is 0 Å². The number of fused-ring (bicyclic) bond motifs is 1. The van der Waals surface area contributed by atoms with E-state index in [-0.39, 0.29) is 5.95 Å². The van der Waals surface area contributed by atoms with Crippen LogP contribution < -0.4 is 5.73 Å². The van der Waals surface area contributed by atoms with Gasteiger partial charge in [0, 0.05) is 12.4 Å². The molecule has 2 N–H and O–H groups in total. The minimum atomic E-state index is 0.189. The van der Waals surface area contributed by atoms with Gasteiger partial charge in [-0.1, -0.05) is 6.07 Å². The minimum Gasteiger partial charge on any atom is -0.366 e. The summed E-state index contributed by atoms with van der Waals surface area (Å²) < 4.78 is 0. The molecule has 1 aromatic carbocycles. The smallest absolute Gasteiger partial charge is 0.240 e. The normalized spacial score (nSPS) is 10.6. The van der Waals surface area contributed by atoms with Gasteiger partial charge in [0.25, 0.3) is 0 Å². The largest absolute Gasteiger partial charge is 0.366 e. The van der Waals surface area contributed by atoms with Gasteiger partial charge in [-0.2, -0.15) is 0 Å². The maximum atomic E-state index is 5.48. The molecule has 0 fully saturated rings. The van der Waals surface area contributed by atoms with Gasteiger partial charge in [-0.05, 0) is 35.4 Å². The van der Waals surface area contributed by atoms with E-state index in [1.807, 2.05) is 30.3 Å². The van der Waals surface area contributed by atoms with E-state index in [0.717, 1.165) is 22.2 Å². The van der Waals surface area contributed by atoms with Gasteiger partial charge in [0.15, 0.2) is 0 Å². The fourth-order valence-corrected chi connectivity index (χ4v) is 1.67. The Labute approximate surface area is 97.4 Å². The predicted molar refractivity (Wildman–Crippen MR) is 65.0 cm³/mol. The van der Waals surface area contributed by atoms with Crippen molar-refractivity contribution in [2.24, 2.45) is 0 Å². The molecule has 2 aromatic heterocycles. The van der Waals surface area contributed by atoms with E-state index in [4.69, 9.17) is 5.73 Å². The van der Waals surface area contributed by atoms with E-state index < -0.39 is 0 Å². The number of benzene rings is 1. The molecule has 5 heteroatoms. The summed E-state index contributed by atoms with van der Waals surface area (Å²) in [6.07, 6.45) is 3.51. The lowest BCUT2D eigenvalue weighted by atomic mass is 10.1. The number of hydrogen-bond donors (Lipinski definition) is 1. The molecule has 0 radical (unpaired) electrons. The second kappa shape index (κ2) is 3.79. The fourth-order valence-electron chi connectivity index (χ4n) is 1.67. The van der Waals surface area contributed by atoms with Crippen LogP contribution >= 0.6 is 0 Å². The summed E-state index contributed by atoms with van der Waals surface area (Å²) in [6.45, 7) is 0. The van der Waals surface area contributed by atoms with E-state index >= 15 is 0 Å². The molecule has 2 heterocycles. The third-order valence-corrected chi connectivity index (χ3v) is 2.48. The van der Waals surface area contributed by atoms with Crippen LogP contribution in [0.2, 0.25) is 0 Å².